The first-order valence-corrected chi connectivity index (χ1v) is 7.68. The van der Waals surface area contributed by atoms with Gasteiger partial charge in [0, 0.05) is 12.2 Å². The topological polar surface area (TPSA) is 102 Å². The summed E-state index contributed by atoms with van der Waals surface area (Å²) in [5.41, 5.74) is 6.21. The minimum atomic E-state index is -0.729. The van der Waals surface area contributed by atoms with E-state index < -0.39 is 18.0 Å². The van der Waals surface area contributed by atoms with Gasteiger partial charge in [-0.1, -0.05) is 6.07 Å². The van der Waals surface area contributed by atoms with Gasteiger partial charge in [-0.15, -0.1) is 0 Å². The van der Waals surface area contributed by atoms with Gasteiger partial charge in [0.25, 0.3) is 0 Å². The molecule has 2 rings (SSSR count). The second kappa shape index (κ2) is 7.62. The van der Waals surface area contributed by atoms with Gasteiger partial charge in [-0.2, -0.15) is 0 Å². The monoisotopic (exact) mass is 319 g/mol. The number of nitrogens with zero attached hydrogens (tertiary/aromatic N) is 1. The highest BCUT2D eigenvalue weighted by Gasteiger charge is 2.31. The number of carbonyl (C=O) groups excluding carboxylic acids is 3. The Morgan fingerprint density at radius 2 is 2.17 bits per heavy atom. The van der Waals surface area contributed by atoms with Gasteiger partial charge in [0.1, 0.15) is 6.04 Å². The van der Waals surface area contributed by atoms with Crippen molar-refractivity contribution in [2.45, 2.75) is 32.2 Å². The number of carbonyl (C=O) groups is 3. The normalized spacial score (nSPS) is 17.8. The molecule has 0 spiro atoms. The van der Waals surface area contributed by atoms with Crippen molar-refractivity contribution in [3.8, 4) is 0 Å². The van der Waals surface area contributed by atoms with Crippen LogP contribution in [-0.4, -0.2) is 37.1 Å². The summed E-state index contributed by atoms with van der Waals surface area (Å²) in [5, 5.41) is 2.78. The molecular formula is C16H21N3O4. The molecule has 7 heteroatoms. The van der Waals surface area contributed by atoms with Crippen molar-refractivity contribution < 1.29 is 19.1 Å². The Morgan fingerprint density at radius 1 is 1.39 bits per heavy atom. The summed E-state index contributed by atoms with van der Waals surface area (Å²) in [4.78, 5) is 37.2. The highest BCUT2D eigenvalue weighted by atomic mass is 16.5. The van der Waals surface area contributed by atoms with Crippen molar-refractivity contribution >= 4 is 23.6 Å². The maximum Gasteiger partial charge on any atom is 0.338 e. The number of benzene rings is 1. The van der Waals surface area contributed by atoms with E-state index in [0.29, 0.717) is 24.2 Å². The molecule has 1 aromatic rings. The van der Waals surface area contributed by atoms with E-state index in [2.05, 4.69) is 5.32 Å². The molecule has 0 saturated carbocycles. The first-order valence-electron chi connectivity index (χ1n) is 7.68. The van der Waals surface area contributed by atoms with Crippen LogP contribution in [-0.2, 0) is 9.53 Å². The zero-order chi connectivity index (χ0) is 16.8. The molecule has 3 amide bonds. The molecule has 1 aliphatic heterocycles. The first kappa shape index (κ1) is 16.8. The quantitative estimate of drug-likeness (QED) is 0.819. The van der Waals surface area contributed by atoms with E-state index in [9.17, 15) is 14.4 Å². The van der Waals surface area contributed by atoms with Gasteiger partial charge in [-0.25, -0.2) is 9.59 Å². The zero-order valence-corrected chi connectivity index (χ0v) is 13.1. The molecule has 1 heterocycles. The molecule has 0 radical (unpaired) electrons. The number of anilines is 1. The number of rotatable bonds is 4. The second-order valence-electron chi connectivity index (χ2n) is 5.28. The van der Waals surface area contributed by atoms with Gasteiger partial charge >= 0.3 is 12.0 Å². The number of hydrogen-bond acceptors (Lipinski definition) is 4. The Balaban J connectivity index is 2.34. The summed E-state index contributed by atoms with van der Waals surface area (Å²) in [7, 11) is 0. The predicted octanol–water partition coefficient (Wildman–Crippen LogP) is 1.42. The lowest BCUT2D eigenvalue weighted by atomic mass is 10.1. The van der Waals surface area contributed by atoms with Crippen LogP contribution in [0.25, 0.3) is 0 Å². The molecule has 0 unspecified atom stereocenters. The number of urea groups is 1. The first-order chi connectivity index (χ1) is 11.0. The number of ether oxygens (including phenoxy) is 1. The van der Waals surface area contributed by atoms with Crippen LogP contribution in [0.4, 0.5) is 10.5 Å². The van der Waals surface area contributed by atoms with E-state index in [-0.39, 0.29) is 12.5 Å². The van der Waals surface area contributed by atoms with Gasteiger partial charge in [-0.05, 0) is 44.4 Å². The van der Waals surface area contributed by atoms with Gasteiger partial charge in [0.05, 0.1) is 12.2 Å². The van der Waals surface area contributed by atoms with Crippen molar-refractivity contribution in [2.75, 3.05) is 18.1 Å². The molecule has 1 aromatic carbocycles. The van der Waals surface area contributed by atoms with E-state index in [1.54, 1.807) is 25.1 Å². The number of hydrogen-bond donors (Lipinski definition) is 2. The van der Waals surface area contributed by atoms with Crippen molar-refractivity contribution in [2.24, 2.45) is 5.73 Å². The van der Waals surface area contributed by atoms with E-state index >= 15 is 0 Å². The number of nitrogens with two attached hydrogens (primary N) is 1. The van der Waals surface area contributed by atoms with Crippen molar-refractivity contribution in [3.05, 3.63) is 29.8 Å². The smallest absolute Gasteiger partial charge is 0.338 e. The van der Waals surface area contributed by atoms with Gasteiger partial charge in [0.15, 0.2) is 0 Å². The number of primary amides is 1. The SMILES string of the molecule is CCOC(=O)c1cccc(N(C(N)=O)[C@@H]2CCCCNC2=O)c1. The van der Waals surface area contributed by atoms with Crippen LogP contribution in [0.1, 0.15) is 36.5 Å². The largest absolute Gasteiger partial charge is 0.462 e. The molecule has 124 valence electrons. The third-order valence-electron chi connectivity index (χ3n) is 3.69. The van der Waals surface area contributed by atoms with Crippen LogP contribution < -0.4 is 16.0 Å². The fourth-order valence-electron chi connectivity index (χ4n) is 2.63. The lowest BCUT2D eigenvalue weighted by molar-refractivity contribution is -0.122. The molecule has 0 bridgehead atoms. The van der Waals surface area contributed by atoms with Crippen LogP contribution >= 0.6 is 0 Å². The average Bonchev–Trinajstić information content (AvgIpc) is 2.73. The third kappa shape index (κ3) is 4.00. The van der Waals surface area contributed by atoms with E-state index in [1.807, 2.05) is 0 Å². The fraction of sp³-hybridized carbons (Fsp3) is 0.438. The van der Waals surface area contributed by atoms with Crippen molar-refractivity contribution in [1.82, 2.24) is 5.32 Å². The van der Waals surface area contributed by atoms with E-state index in [0.717, 1.165) is 12.8 Å². The zero-order valence-electron chi connectivity index (χ0n) is 13.1. The number of esters is 1. The Bertz CT molecular complexity index is 603. The Hall–Kier alpha value is -2.57. The Morgan fingerprint density at radius 3 is 2.87 bits per heavy atom. The van der Waals surface area contributed by atoms with E-state index in [1.165, 1.54) is 11.0 Å². The lowest BCUT2D eigenvalue weighted by Crippen LogP contribution is -2.51. The van der Waals surface area contributed by atoms with Gasteiger partial charge in [-0.3, -0.25) is 9.69 Å². The van der Waals surface area contributed by atoms with Crippen LogP contribution in [0.5, 0.6) is 0 Å². The van der Waals surface area contributed by atoms with Crippen LogP contribution in [0.2, 0.25) is 0 Å². The molecule has 0 aromatic heterocycles. The molecular weight excluding hydrogens is 298 g/mol. The van der Waals surface area contributed by atoms with Gasteiger partial charge < -0.3 is 15.8 Å². The van der Waals surface area contributed by atoms with Crippen LogP contribution in [0.15, 0.2) is 24.3 Å². The standard InChI is InChI=1S/C16H21N3O4/c1-2-23-15(21)11-6-5-7-12(10-11)19(16(17)22)13-8-3-4-9-18-14(13)20/h5-7,10,13H,2-4,8-9H2,1H3,(H2,17,22)(H,18,20)/t13-/m1/s1. The molecule has 0 aliphatic carbocycles. The maximum absolute atomic E-state index is 12.2. The highest BCUT2D eigenvalue weighted by Crippen LogP contribution is 2.23. The molecule has 7 nitrogen and oxygen atoms in total. The Kier molecular flexibility index (Phi) is 5.56. The summed E-state index contributed by atoms with van der Waals surface area (Å²) >= 11 is 0. The van der Waals surface area contributed by atoms with E-state index in [4.69, 9.17) is 10.5 Å². The van der Waals surface area contributed by atoms with Crippen molar-refractivity contribution in [1.29, 1.82) is 0 Å². The molecule has 1 saturated heterocycles. The number of nitrogens with one attached hydrogen (secondary N) is 1. The molecule has 3 N–H and O–H groups in total. The summed E-state index contributed by atoms with van der Waals surface area (Å²) in [5.74, 6) is -0.716. The minimum absolute atomic E-state index is 0.233. The van der Waals surface area contributed by atoms with Crippen molar-refractivity contribution in [3.63, 3.8) is 0 Å². The highest BCUT2D eigenvalue weighted by molar-refractivity contribution is 6.00. The summed E-state index contributed by atoms with van der Waals surface area (Å²) in [6, 6.07) is 4.98. The number of amides is 3. The molecule has 1 aliphatic rings. The Labute approximate surface area is 134 Å². The second-order valence-corrected chi connectivity index (χ2v) is 5.28. The molecule has 23 heavy (non-hydrogen) atoms. The molecule has 1 atom stereocenters. The fourth-order valence-corrected chi connectivity index (χ4v) is 2.63. The van der Waals surface area contributed by atoms with Crippen LogP contribution in [0, 0.1) is 0 Å². The maximum atomic E-state index is 12.2. The average molecular weight is 319 g/mol. The predicted molar refractivity (Wildman–Crippen MR) is 85.1 cm³/mol. The summed E-state index contributed by atoms with van der Waals surface area (Å²) in [6.07, 6.45) is 2.20. The summed E-state index contributed by atoms with van der Waals surface area (Å²) < 4.78 is 4.96. The third-order valence-corrected chi connectivity index (χ3v) is 3.69. The minimum Gasteiger partial charge on any atom is -0.462 e. The van der Waals surface area contributed by atoms with Gasteiger partial charge in [0.2, 0.25) is 5.91 Å². The molecule has 1 fully saturated rings. The van der Waals surface area contributed by atoms with Crippen LogP contribution in [0.3, 0.4) is 0 Å². The summed E-state index contributed by atoms with van der Waals surface area (Å²) in [6.45, 7) is 2.56. The lowest BCUT2D eigenvalue weighted by Gasteiger charge is -2.28.